The normalized spacial score (nSPS) is 28.8. The van der Waals surface area contributed by atoms with E-state index in [0.717, 1.165) is 54.5 Å². The molecule has 0 unspecified atom stereocenters. The third kappa shape index (κ3) is 3.01. The molecule has 158 valence electrons. The fourth-order valence-corrected chi connectivity index (χ4v) is 5.66. The van der Waals surface area contributed by atoms with Crippen LogP contribution in [0.3, 0.4) is 0 Å². The lowest BCUT2D eigenvalue weighted by molar-refractivity contribution is -0.000372. The van der Waals surface area contributed by atoms with Crippen LogP contribution in [-0.2, 0) is 16.8 Å². The molecule has 0 bridgehead atoms. The first-order chi connectivity index (χ1) is 15.0. The van der Waals surface area contributed by atoms with Gasteiger partial charge in [-0.2, -0.15) is 0 Å². The molecule has 1 aromatic carbocycles. The quantitative estimate of drug-likeness (QED) is 0.750. The van der Waals surface area contributed by atoms with E-state index >= 15 is 0 Å². The molecule has 5 rings (SSSR count). The highest BCUT2D eigenvalue weighted by Gasteiger charge is 2.60. The molecule has 2 N–H and O–H groups in total. The maximum atomic E-state index is 6.31. The van der Waals surface area contributed by atoms with Crippen molar-refractivity contribution < 1.29 is 4.74 Å². The van der Waals surface area contributed by atoms with Gasteiger partial charge in [0.05, 0.1) is 11.8 Å². The smallest absolute Gasteiger partial charge is 0.184 e. The van der Waals surface area contributed by atoms with Crippen molar-refractivity contribution in [2.24, 2.45) is 21.1 Å². The number of nitrogens with two attached hydrogens (primary N) is 1. The van der Waals surface area contributed by atoms with Gasteiger partial charge in [-0.3, -0.25) is 9.98 Å². The maximum Gasteiger partial charge on any atom is 0.184 e. The molecule has 1 aromatic heterocycles. The third-order valence-electron chi connectivity index (χ3n) is 7.30. The minimum Gasteiger partial charge on any atom is -0.382 e. The zero-order chi connectivity index (χ0) is 21.6. The maximum absolute atomic E-state index is 6.31. The Morgan fingerprint density at radius 2 is 1.90 bits per heavy atom. The average molecular weight is 413 g/mol. The Labute approximate surface area is 183 Å². The van der Waals surface area contributed by atoms with Crippen LogP contribution in [0.15, 0.2) is 46.6 Å². The molecule has 1 aliphatic heterocycles. The monoisotopic (exact) mass is 412 g/mol. The Hall–Kier alpha value is -2.97. The predicted octanol–water partition coefficient (Wildman–Crippen LogP) is 4.24. The Balaban J connectivity index is 1.63. The van der Waals surface area contributed by atoms with E-state index < -0.39 is 5.66 Å². The van der Waals surface area contributed by atoms with Crippen molar-refractivity contribution in [3.8, 4) is 23.0 Å². The summed E-state index contributed by atoms with van der Waals surface area (Å²) in [5.41, 5.74) is 12.1. The Morgan fingerprint density at radius 1 is 1.10 bits per heavy atom. The number of aromatic nitrogens is 1. The summed E-state index contributed by atoms with van der Waals surface area (Å²) in [6.07, 6.45) is 9.13. The molecule has 2 aliphatic carbocycles. The van der Waals surface area contributed by atoms with Crippen LogP contribution in [-0.4, -0.2) is 29.7 Å². The Kier molecular flexibility index (Phi) is 4.71. The molecule has 5 heteroatoms. The lowest BCUT2D eigenvalue weighted by atomic mass is 9.65. The van der Waals surface area contributed by atoms with Crippen LogP contribution >= 0.6 is 0 Å². The summed E-state index contributed by atoms with van der Waals surface area (Å²) < 4.78 is 5.66. The number of pyridine rings is 1. The molecule has 31 heavy (non-hydrogen) atoms. The van der Waals surface area contributed by atoms with Crippen LogP contribution in [0, 0.1) is 17.3 Å². The first kappa shape index (κ1) is 20.0. The number of hydrogen-bond donors (Lipinski definition) is 1. The zero-order valence-electron chi connectivity index (χ0n) is 18.4. The predicted molar refractivity (Wildman–Crippen MR) is 124 cm³/mol. The van der Waals surface area contributed by atoms with E-state index in [2.05, 4.69) is 41.1 Å². The topological polar surface area (TPSA) is 72.9 Å². The van der Waals surface area contributed by atoms with Crippen molar-refractivity contribution in [1.82, 2.24) is 4.98 Å². The number of aliphatic imine (C=N–C) groups is 2. The summed E-state index contributed by atoms with van der Waals surface area (Å²) in [4.78, 5) is 14.6. The van der Waals surface area contributed by atoms with Gasteiger partial charge in [0, 0.05) is 41.6 Å². The van der Waals surface area contributed by atoms with Gasteiger partial charge in [-0.1, -0.05) is 18.1 Å². The molecule has 2 heterocycles. The number of nitrogens with zero attached hydrogens (tertiary/aromatic N) is 3. The van der Waals surface area contributed by atoms with Gasteiger partial charge in [0.15, 0.2) is 5.66 Å². The second-order valence-electron chi connectivity index (χ2n) is 8.97. The molecule has 2 aromatic rings. The molecule has 0 saturated heterocycles. The number of hydrogen-bond acceptors (Lipinski definition) is 5. The van der Waals surface area contributed by atoms with E-state index in [4.69, 9.17) is 20.5 Å². The number of benzene rings is 1. The second kappa shape index (κ2) is 7.32. The summed E-state index contributed by atoms with van der Waals surface area (Å²) in [5, 5.41) is 0. The van der Waals surface area contributed by atoms with Crippen LogP contribution in [0.1, 0.15) is 56.2 Å². The first-order valence-corrected chi connectivity index (χ1v) is 11.0. The van der Waals surface area contributed by atoms with Crippen molar-refractivity contribution in [2.75, 3.05) is 7.11 Å². The Morgan fingerprint density at radius 3 is 2.58 bits per heavy atom. The third-order valence-corrected chi connectivity index (χ3v) is 7.30. The van der Waals surface area contributed by atoms with Gasteiger partial charge in [0.1, 0.15) is 5.84 Å². The number of fused-ring (bicyclic) bond motifs is 3. The molecular formula is C26H28N4O. The average Bonchev–Trinajstić information content (AvgIpc) is 3.22. The first-order valence-electron chi connectivity index (χ1n) is 11.0. The van der Waals surface area contributed by atoms with Crippen molar-refractivity contribution in [2.45, 2.75) is 57.7 Å². The Bertz CT molecular complexity index is 1140. The number of methoxy groups -OCH3 is 1. The fourth-order valence-electron chi connectivity index (χ4n) is 5.66. The van der Waals surface area contributed by atoms with Crippen LogP contribution < -0.4 is 5.73 Å². The molecule has 1 fully saturated rings. The number of ether oxygens (including phenoxy) is 1. The van der Waals surface area contributed by atoms with Crippen LogP contribution in [0.2, 0.25) is 0 Å². The minimum atomic E-state index is -0.626. The second-order valence-corrected chi connectivity index (χ2v) is 8.97. The number of rotatable bonds is 2. The van der Waals surface area contributed by atoms with Gasteiger partial charge in [-0.05, 0) is 69.2 Å². The number of amidine groups is 1. The standard InChI is InChI=1S/C26H28N4O/c1-4-5-18-12-21(16-28-15-18)19-6-7-20-14-25(10-8-22(31-3)9-11-25)26(23(20)13-19)29-17(2)24(27)30-26/h6-7,12-13,15-16,22H,8-11,14H2,1-3H3,(H2,27,30)/t22-,25+,26-/m0/s1. The van der Waals surface area contributed by atoms with E-state index in [1.54, 1.807) is 6.20 Å². The van der Waals surface area contributed by atoms with E-state index in [9.17, 15) is 0 Å². The summed E-state index contributed by atoms with van der Waals surface area (Å²) in [6, 6.07) is 8.78. The van der Waals surface area contributed by atoms with Gasteiger partial charge in [0.2, 0.25) is 0 Å². The highest BCUT2D eigenvalue weighted by molar-refractivity contribution is 6.41. The highest BCUT2D eigenvalue weighted by atomic mass is 16.5. The summed E-state index contributed by atoms with van der Waals surface area (Å²) in [5.74, 6) is 6.62. The van der Waals surface area contributed by atoms with Gasteiger partial charge >= 0.3 is 0 Å². The van der Waals surface area contributed by atoms with Crippen LogP contribution in [0.4, 0.5) is 0 Å². The molecule has 1 atom stereocenters. The summed E-state index contributed by atoms with van der Waals surface area (Å²) in [7, 11) is 1.81. The van der Waals surface area contributed by atoms with E-state index in [0.29, 0.717) is 11.9 Å². The molecule has 2 spiro atoms. The van der Waals surface area contributed by atoms with E-state index in [-0.39, 0.29) is 5.41 Å². The lowest BCUT2D eigenvalue weighted by Gasteiger charge is -2.44. The van der Waals surface area contributed by atoms with Crippen molar-refractivity contribution in [3.63, 3.8) is 0 Å². The SMILES string of the molecule is CC#Cc1cncc(-c2ccc3c(c2)[C@@]2(N=C(C)C(N)=N2)[C@]2(CC[C@@H](OC)CC2)C3)c1. The minimum absolute atomic E-state index is 0.0425. The van der Waals surface area contributed by atoms with Crippen LogP contribution in [0.5, 0.6) is 0 Å². The lowest BCUT2D eigenvalue weighted by Crippen LogP contribution is -2.43. The molecule has 0 amide bonds. The van der Waals surface area contributed by atoms with Gasteiger partial charge < -0.3 is 10.5 Å². The zero-order valence-corrected chi connectivity index (χ0v) is 18.4. The molecule has 0 radical (unpaired) electrons. The molecule has 1 saturated carbocycles. The van der Waals surface area contributed by atoms with Gasteiger partial charge in [0.25, 0.3) is 0 Å². The van der Waals surface area contributed by atoms with E-state index in [1.807, 2.05) is 27.2 Å². The van der Waals surface area contributed by atoms with Crippen molar-refractivity contribution in [1.29, 1.82) is 0 Å². The largest absolute Gasteiger partial charge is 0.382 e. The van der Waals surface area contributed by atoms with Gasteiger partial charge in [-0.25, -0.2) is 4.99 Å². The van der Waals surface area contributed by atoms with Crippen LogP contribution in [0.25, 0.3) is 11.1 Å². The molecule has 3 aliphatic rings. The van der Waals surface area contributed by atoms with E-state index in [1.165, 1.54) is 11.1 Å². The molecular weight excluding hydrogens is 384 g/mol. The highest BCUT2D eigenvalue weighted by Crippen LogP contribution is 2.62. The molecule has 5 nitrogen and oxygen atoms in total. The summed E-state index contributed by atoms with van der Waals surface area (Å²) >= 11 is 0. The van der Waals surface area contributed by atoms with Crippen molar-refractivity contribution >= 4 is 11.5 Å². The van der Waals surface area contributed by atoms with Gasteiger partial charge in [-0.15, -0.1) is 5.92 Å². The van der Waals surface area contributed by atoms with Crippen molar-refractivity contribution in [3.05, 3.63) is 53.3 Å². The fraction of sp³-hybridized carbons (Fsp3) is 0.423. The summed E-state index contributed by atoms with van der Waals surface area (Å²) in [6.45, 7) is 3.81.